The summed E-state index contributed by atoms with van der Waals surface area (Å²) in [4.78, 5) is 76.8. The number of likely N-dealkylation sites (N-methyl/N-ethyl adjacent to an activating group) is 1. The number of ketones is 2. The number of aromatic nitrogens is 1. The summed E-state index contributed by atoms with van der Waals surface area (Å²) in [5.74, 6) is -3.14. The van der Waals surface area contributed by atoms with Gasteiger partial charge in [0.15, 0.2) is 16.6 Å². The van der Waals surface area contributed by atoms with Crippen LogP contribution in [-0.4, -0.2) is 81.0 Å². The van der Waals surface area contributed by atoms with Crippen LogP contribution in [0.2, 0.25) is 0 Å². The Morgan fingerprint density at radius 2 is 1.52 bits per heavy atom. The van der Waals surface area contributed by atoms with Gasteiger partial charge in [0.05, 0.1) is 12.0 Å². The minimum atomic E-state index is -0.950. The molecule has 320 valence electrons. The molecule has 3 unspecified atom stereocenters. The maximum atomic E-state index is 14.9. The number of thiazole rings is 1. The largest absolute Gasteiger partial charge is 0.481 e. The van der Waals surface area contributed by atoms with E-state index < -0.39 is 35.8 Å². The SMILES string of the molecule is CCC(C)C(CC(=O)C1CCCCN1C)C(=O)N(Cc1ccccc1)[C@H](CC(=O)c1nc(C(=O)N[C@@H](Cc2ccc(-c3ccccc3)cc2)C[C@H](C)C(=O)O)cs1)C(C)C. The van der Waals surface area contributed by atoms with Crippen LogP contribution in [-0.2, 0) is 27.3 Å². The van der Waals surface area contributed by atoms with Gasteiger partial charge in [0, 0.05) is 42.8 Å². The number of carboxylic acid groups (broad SMARTS) is 1. The second-order valence-corrected chi connectivity index (χ2v) is 17.9. The molecule has 1 saturated heterocycles. The Morgan fingerprint density at radius 1 is 0.867 bits per heavy atom. The summed E-state index contributed by atoms with van der Waals surface area (Å²) in [7, 11) is 1.99. The molecule has 0 radical (unpaired) electrons. The first-order valence-electron chi connectivity index (χ1n) is 21.5. The van der Waals surface area contributed by atoms with Gasteiger partial charge in [0.2, 0.25) is 5.91 Å². The van der Waals surface area contributed by atoms with Crippen LogP contribution in [0.4, 0.5) is 0 Å². The maximum Gasteiger partial charge on any atom is 0.306 e. The summed E-state index contributed by atoms with van der Waals surface area (Å²) in [6, 6.07) is 26.5. The molecule has 2 amide bonds. The number of piperidine rings is 1. The predicted molar refractivity (Wildman–Crippen MR) is 238 cm³/mol. The van der Waals surface area contributed by atoms with Gasteiger partial charge in [0.1, 0.15) is 5.69 Å². The molecule has 2 heterocycles. The molecule has 3 aromatic carbocycles. The van der Waals surface area contributed by atoms with E-state index in [4.69, 9.17) is 0 Å². The topological polar surface area (TPSA) is 137 Å². The molecule has 4 aromatic rings. The Hall–Kier alpha value is -5.00. The van der Waals surface area contributed by atoms with Gasteiger partial charge in [-0.1, -0.05) is 132 Å². The second kappa shape index (κ2) is 22.0. The van der Waals surface area contributed by atoms with E-state index in [0.717, 1.165) is 65.8 Å². The number of benzene rings is 3. The number of rotatable bonds is 21. The third-order valence-corrected chi connectivity index (χ3v) is 13.1. The zero-order valence-corrected chi connectivity index (χ0v) is 36.8. The minimum Gasteiger partial charge on any atom is -0.481 e. The van der Waals surface area contributed by atoms with Crippen LogP contribution in [0.1, 0.15) is 111 Å². The lowest BCUT2D eigenvalue weighted by Gasteiger charge is -2.39. The average Bonchev–Trinajstić information content (AvgIpc) is 3.75. The fourth-order valence-electron chi connectivity index (χ4n) is 8.22. The van der Waals surface area contributed by atoms with Crippen molar-refractivity contribution in [2.24, 2.45) is 23.7 Å². The molecule has 0 aliphatic carbocycles. The summed E-state index contributed by atoms with van der Waals surface area (Å²) < 4.78 is 0. The normalized spacial score (nSPS) is 16.9. The smallest absolute Gasteiger partial charge is 0.306 e. The summed E-state index contributed by atoms with van der Waals surface area (Å²) in [6.07, 6.45) is 4.36. The van der Waals surface area contributed by atoms with E-state index in [1.54, 1.807) is 12.3 Å². The van der Waals surface area contributed by atoms with E-state index in [9.17, 15) is 29.1 Å². The number of hydrogen-bond donors (Lipinski definition) is 2. The fourth-order valence-corrected chi connectivity index (χ4v) is 8.97. The number of likely N-dealkylation sites (tertiary alicyclic amines) is 1. The lowest BCUT2D eigenvalue weighted by molar-refractivity contribution is -0.144. The Labute approximate surface area is 359 Å². The van der Waals surface area contributed by atoms with Gasteiger partial charge < -0.3 is 15.3 Å². The third-order valence-electron chi connectivity index (χ3n) is 12.2. The summed E-state index contributed by atoms with van der Waals surface area (Å²) in [5, 5.41) is 14.4. The first kappa shape index (κ1) is 46.1. The van der Waals surface area contributed by atoms with Crippen LogP contribution in [0, 0.1) is 23.7 Å². The Bertz CT molecular complexity index is 2040. The molecular weight excluding hydrogens is 773 g/mol. The molecule has 1 fully saturated rings. The van der Waals surface area contributed by atoms with Gasteiger partial charge in [-0.2, -0.15) is 0 Å². The number of aliphatic carboxylic acids is 1. The molecule has 6 atom stereocenters. The van der Waals surface area contributed by atoms with Gasteiger partial charge >= 0.3 is 5.97 Å². The first-order valence-corrected chi connectivity index (χ1v) is 22.4. The van der Waals surface area contributed by atoms with Gasteiger partial charge in [-0.05, 0) is 73.4 Å². The molecular formula is C49H62N4O6S. The third kappa shape index (κ3) is 12.5. The summed E-state index contributed by atoms with van der Waals surface area (Å²) >= 11 is 1.08. The number of carbonyl (C=O) groups excluding carboxylic acids is 4. The van der Waals surface area contributed by atoms with Crippen molar-refractivity contribution in [3.63, 3.8) is 0 Å². The number of nitrogens with zero attached hydrogens (tertiary/aromatic N) is 3. The number of nitrogens with one attached hydrogen (secondary N) is 1. The molecule has 10 nitrogen and oxygen atoms in total. The Balaban J connectivity index is 1.34. The molecule has 1 aliphatic heterocycles. The summed E-state index contributed by atoms with van der Waals surface area (Å²) in [5.41, 5.74) is 4.10. The zero-order valence-electron chi connectivity index (χ0n) is 36.0. The van der Waals surface area contributed by atoms with Crippen molar-refractivity contribution >= 4 is 40.7 Å². The van der Waals surface area contributed by atoms with E-state index in [-0.39, 0.29) is 71.9 Å². The highest BCUT2D eigenvalue weighted by molar-refractivity contribution is 7.12. The number of carbonyl (C=O) groups is 5. The molecule has 2 N–H and O–H groups in total. The van der Waals surface area contributed by atoms with E-state index in [1.807, 2.05) is 125 Å². The van der Waals surface area contributed by atoms with E-state index in [2.05, 4.69) is 15.2 Å². The molecule has 5 rings (SSSR count). The first-order chi connectivity index (χ1) is 28.7. The molecule has 11 heteroatoms. The van der Waals surface area contributed by atoms with Crippen LogP contribution in [0.25, 0.3) is 11.1 Å². The lowest BCUT2D eigenvalue weighted by atomic mass is 9.82. The van der Waals surface area contributed by atoms with Crippen molar-refractivity contribution in [2.45, 2.75) is 111 Å². The van der Waals surface area contributed by atoms with Crippen LogP contribution in [0.15, 0.2) is 90.3 Å². The molecule has 0 spiro atoms. The number of Topliss-reactive ketones (excluding diaryl/α,β-unsaturated/α-hetero) is 2. The van der Waals surface area contributed by atoms with E-state index in [0.29, 0.717) is 6.42 Å². The van der Waals surface area contributed by atoms with Crippen LogP contribution in [0.5, 0.6) is 0 Å². The molecule has 1 aliphatic rings. The van der Waals surface area contributed by atoms with Gasteiger partial charge in [-0.25, -0.2) is 4.98 Å². The average molecular weight is 835 g/mol. The van der Waals surface area contributed by atoms with Crippen molar-refractivity contribution in [3.8, 4) is 11.1 Å². The number of hydrogen-bond acceptors (Lipinski definition) is 8. The lowest BCUT2D eigenvalue weighted by Crippen LogP contribution is -2.49. The second-order valence-electron chi connectivity index (χ2n) is 17.0. The van der Waals surface area contributed by atoms with Crippen LogP contribution in [0.3, 0.4) is 0 Å². The highest BCUT2D eigenvalue weighted by Gasteiger charge is 2.38. The standard InChI is InChI=1S/C49H62N4O6S/c1-7-33(4)40(28-44(54)42-20-14-15-25-52(42)6)48(57)53(30-36-16-10-8-11-17-36)43(32(2)3)29-45(55)47-51-41(31-60-47)46(56)50-39(26-34(5)49(58)59)27-35-21-23-38(24-22-35)37-18-12-9-13-19-37/h8-13,16-19,21-24,31-34,39-40,42-43H,7,14-15,20,25-30H2,1-6H3,(H,50,56)(H,58,59)/t33?,34-,39+,40?,42?,43+/m0/s1. The van der Waals surface area contributed by atoms with Gasteiger partial charge in [0.25, 0.3) is 5.91 Å². The van der Waals surface area contributed by atoms with Crippen molar-refractivity contribution in [1.82, 2.24) is 20.1 Å². The van der Waals surface area contributed by atoms with Crippen LogP contribution >= 0.6 is 11.3 Å². The highest BCUT2D eigenvalue weighted by atomic mass is 32.1. The van der Waals surface area contributed by atoms with Crippen molar-refractivity contribution in [1.29, 1.82) is 0 Å². The van der Waals surface area contributed by atoms with E-state index >= 15 is 0 Å². The fraction of sp³-hybridized carbons (Fsp3) is 0.469. The number of carboxylic acids is 1. The van der Waals surface area contributed by atoms with Gasteiger partial charge in [-0.3, -0.25) is 28.9 Å². The molecule has 0 bridgehead atoms. The van der Waals surface area contributed by atoms with Crippen molar-refractivity contribution in [3.05, 3.63) is 112 Å². The zero-order chi connectivity index (χ0) is 43.3. The molecule has 60 heavy (non-hydrogen) atoms. The van der Waals surface area contributed by atoms with Gasteiger partial charge in [-0.15, -0.1) is 11.3 Å². The van der Waals surface area contributed by atoms with E-state index in [1.165, 1.54) is 0 Å². The molecule has 0 saturated carbocycles. The quantitative estimate of drug-likeness (QED) is 0.0795. The Kier molecular flexibility index (Phi) is 16.9. The van der Waals surface area contributed by atoms with Crippen molar-refractivity contribution < 1.29 is 29.1 Å². The predicted octanol–water partition coefficient (Wildman–Crippen LogP) is 8.99. The Morgan fingerprint density at radius 3 is 2.13 bits per heavy atom. The maximum absolute atomic E-state index is 14.9. The van der Waals surface area contributed by atoms with Crippen LogP contribution < -0.4 is 5.32 Å². The minimum absolute atomic E-state index is 0.00489. The van der Waals surface area contributed by atoms with Crippen molar-refractivity contribution in [2.75, 3.05) is 13.6 Å². The highest BCUT2D eigenvalue weighted by Crippen LogP contribution is 2.30. The summed E-state index contributed by atoms with van der Waals surface area (Å²) in [6.45, 7) is 10.8. The number of amides is 2. The molecule has 1 aromatic heterocycles. The monoisotopic (exact) mass is 834 g/mol.